The number of anilines is 1. The zero-order valence-electron chi connectivity index (χ0n) is 8.51. The summed E-state index contributed by atoms with van der Waals surface area (Å²) >= 11 is 8.15. The van der Waals surface area contributed by atoms with Crippen LogP contribution in [0, 0.1) is 10.5 Å². The fraction of sp³-hybridized carbons (Fsp3) is 0.556. The molecule has 0 fully saturated rings. The van der Waals surface area contributed by atoms with Gasteiger partial charge in [-0.2, -0.15) is 4.98 Å². The van der Waals surface area contributed by atoms with Gasteiger partial charge >= 0.3 is 0 Å². The summed E-state index contributed by atoms with van der Waals surface area (Å²) in [7, 11) is 0. The van der Waals surface area contributed by atoms with Crippen molar-refractivity contribution in [3.8, 4) is 0 Å². The van der Waals surface area contributed by atoms with E-state index in [0.29, 0.717) is 5.15 Å². The highest BCUT2D eigenvalue weighted by molar-refractivity contribution is 14.1. The standard InChI is InChI=1S/C9H13ClIN3/c1-4-14(5-2)9-12-6(3)7(11)8(10)13-9/h4-5H2,1-3H3. The number of hydrogen-bond donors (Lipinski definition) is 0. The van der Waals surface area contributed by atoms with Crippen molar-refractivity contribution in [2.45, 2.75) is 20.8 Å². The molecule has 0 saturated heterocycles. The Kier molecular flexibility index (Phi) is 4.37. The van der Waals surface area contributed by atoms with Gasteiger partial charge in [0.25, 0.3) is 0 Å². The predicted molar refractivity (Wildman–Crippen MR) is 68.1 cm³/mol. The van der Waals surface area contributed by atoms with E-state index >= 15 is 0 Å². The summed E-state index contributed by atoms with van der Waals surface area (Å²) in [5.41, 5.74) is 0.938. The van der Waals surface area contributed by atoms with Gasteiger partial charge in [0, 0.05) is 13.1 Å². The van der Waals surface area contributed by atoms with Crippen LogP contribution < -0.4 is 4.90 Å². The zero-order valence-corrected chi connectivity index (χ0v) is 11.4. The van der Waals surface area contributed by atoms with Crippen molar-refractivity contribution >= 4 is 40.1 Å². The Balaban J connectivity index is 3.11. The van der Waals surface area contributed by atoms with E-state index in [1.807, 2.05) is 6.92 Å². The second kappa shape index (κ2) is 5.11. The van der Waals surface area contributed by atoms with Gasteiger partial charge < -0.3 is 4.90 Å². The van der Waals surface area contributed by atoms with Gasteiger partial charge in [0.05, 0.1) is 9.26 Å². The van der Waals surface area contributed by atoms with Gasteiger partial charge in [-0.3, -0.25) is 0 Å². The number of rotatable bonds is 3. The topological polar surface area (TPSA) is 29.0 Å². The van der Waals surface area contributed by atoms with Gasteiger partial charge in [-0.1, -0.05) is 11.6 Å². The normalized spacial score (nSPS) is 10.4. The van der Waals surface area contributed by atoms with Crippen molar-refractivity contribution in [2.75, 3.05) is 18.0 Å². The zero-order chi connectivity index (χ0) is 10.7. The van der Waals surface area contributed by atoms with Crippen molar-refractivity contribution < 1.29 is 0 Å². The molecule has 1 aromatic heterocycles. The lowest BCUT2D eigenvalue weighted by Crippen LogP contribution is -2.24. The van der Waals surface area contributed by atoms with Gasteiger partial charge in [0.2, 0.25) is 5.95 Å². The van der Waals surface area contributed by atoms with E-state index in [1.54, 1.807) is 0 Å². The number of nitrogens with zero attached hydrogens (tertiary/aromatic N) is 3. The van der Waals surface area contributed by atoms with Crippen LogP contribution in [0.5, 0.6) is 0 Å². The summed E-state index contributed by atoms with van der Waals surface area (Å²) in [6.45, 7) is 7.89. The van der Waals surface area contributed by atoms with Gasteiger partial charge in [0.1, 0.15) is 5.15 Å². The van der Waals surface area contributed by atoms with E-state index in [4.69, 9.17) is 11.6 Å². The summed E-state index contributed by atoms with van der Waals surface area (Å²) in [4.78, 5) is 10.7. The fourth-order valence-electron chi connectivity index (χ4n) is 1.16. The molecule has 0 aromatic carbocycles. The highest BCUT2D eigenvalue weighted by atomic mass is 127. The van der Waals surface area contributed by atoms with E-state index in [0.717, 1.165) is 28.3 Å². The number of aryl methyl sites for hydroxylation is 1. The van der Waals surface area contributed by atoms with Crippen molar-refractivity contribution in [1.29, 1.82) is 0 Å². The first kappa shape index (κ1) is 12.0. The van der Waals surface area contributed by atoms with Gasteiger partial charge in [0.15, 0.2) is 0 Å². The molecule has 1 rings (SSSR count). The molecule has 14 heavy (non-hydrogen) atoms. The smallest absolute Gasteiger partial charge is 0.227 e. The predicted octanol–water partition coefficient (Wildman–Crippen LogP) is 2.89. The molecule has 1 heterocycles. The highest BCUT2D eigenvalue weighted by Gasteiger charge is 2.10. The van der Waals surface area contributed by atoms with Gasteiger partial charge in [-0.05, 0) is 43.4 Å². The SMILES string of the molecule is CCN(CC)c1nc(C)c(I)c(Cl)n1. The molecule has 5 heteroatoms. The number of aromatic nitrogens is 2. The monoisotopic (exact) mass is 325 g/mol. The molecule has 0 N–H and O–H groups in total. The quantitative estimate of drug-likeness (QED) is 0.632. The van der Waals surface area contributed by atoms with Gasteiger partial charge in [-0.25, -0.2) is 4.98 Å². The van der Waals surface area contributed by atoms with Crippen LogP contribution in [0.1, 0.15) is 19.5 Å². The first-order valence-electron chi connectivity index (χ1n) is 4.54. The first-order valence-corrected chi connectivity index (χ1v) is 6.00. The second-order valence-corrected chi connectivity index (χ2v) is 4.32. The molecule has 0 radical (unpaired) electrons. The maximum absolute atomic E-state index is 5.99. The van der Waals surface area contributed by atoms with Crippen molar-refractivity contribution in [3.63, 3.8) is 0 Å². The van der Waals surface area contributed by atoms with E-state index in [2.05, 4.69) is 51.3 Å². The van der Waals surface area contributed by atoms with E-state index in [9.17, 15) is 0 Å². The minimum atomic E-state index is 0.542. The largest absolute Gasteiger partial charge is 0.341 e. The van der Waals surface area contributed by atoms with Crippen LogP contribution in [0.4, 0.5) is 5.95 Å². The van der Waals surface area contributed by atoms with Crippen molar-refractivity contribution in [2.24, 2.45) is 0 Å². The highest BCUT2D eigenvalue weighted by Crippen LogP contribution is 2.21. The molecule has 0 atom stereocenters. The Morgan fingerprint density at radius 2 is 1.86 bits per heavy atom. The summed E-state index contributed by atoms with van der Waals surface area (Å²) in [6.07, 6.45) is 0. The molecular formula is C9H13ClIN3. The van der Waals surface area contributed by atoms with Crippen LogP contribution >= 0.6 is 34.2 Å². The summed E-state index contributed by atoms with van der Waals surface area (Å²) < 4.78 is 0.931. The van der Waals surface area contributed by atoms with E-state index in [-0.39, 0.29) is 0 Å². The molecule has 0 amide bonds. The third kappa shape index (κ3) is 2.48. The average Bonchev–Trinajstić information content (AvgIpc) is 2.16. The molecular weight excluding hydrogens is 312 g/mol. The second-order valence-electron chi connectivity index (χ2n) is 2.89. The van der Waals surface area contributed by atoms with Gasteiger partial charge in [-0.15, -0.1) is 0 Å². The lowest BCUT2D eigenvalue weighted by atomic mass is 10.4. The lowest BCUT2D eigenvalue weighted by Gasteiger charge is -2.19. The van der Waals surface area contributed by atoms with Crippen molar-refractivity contribution in [3.05, 3.63) is 14.4 Å². The van der Waals surface area contributed by atoms with Crippen LogP contribution in [-0.4, -0.2) is 23.1 Å². The first-order chi connectivity index (χ1) is 6.60. The summed E-state index contributed by atoms with van der Waals surface area (Å²) in [5.74, 6) is 0.720. The third-order valence-corrected chi connectivity index (χ3v) is 3.89. The van der Waals surface area contributed by atoms with Crippen molar-refractivity contribution in [1.82, 2.24) is 9.97 Å². The number of hydrogen-bond acceptors (Lipinski definition) is 3. The molecule has 0 unspecified atom stereocenters. The molecule has 0 aliphatic carbocycles. The molecule has 0 bridgehead atoms. The van der Waals surface area contributed by atoms with Crippen LogP contribution in [0.2, 0.25) is 5.15 Å². The molecule has 1 aromatic rings. The maximum Gasteiger partial charge on any atom is 0.227 e. The molecule has 0 spiro atoms. The molecule has 0 aliphatic rings. The summed E-state index contributed by atoms with van der Waals surface area (Å²) in [5, 5.41) is 0.542. The number of halogens is 2. The minimum absolute atomic E-state index is 0.542. The lowest BCUT2D eigenvalue weighted by molar-refractivity contribution is 0.814. The molecule has 3 nitrogen and oxygen atoms in total. The minimum Gasteiger partial charge on any atom is -0.341 e. The Bertz CT molecular complexity index is 303. The summed E-state index contributed by atoms with van der Waals surface area (Å²) in [6, 6.07) is 0. The average molecular weight is 326 g/mol. The fourth-order valence-corrected chi connectivity index (χ4v) is 1.61. The van der Waals surface area contributed by atoms with Crippen LogP contribution in [-0.2, 0) is 0 Å². The van der Waals surface area contributed by atoms with Crippen LogP contribution in [0.25, 0.3) is 0 Å². The Morgan fingerprint density at radius 1 is 1.29 bits per heavy atom. The van der Waals surface area contributed by atoms with Crippen LogP contribution in [0.15, 0.2) is 0 Å². The Morgan fingerprint density at radius 3 is 2.29 bits per heavy atom. The molecule has 0 saturated carbocycles. The Hall–Kier alpha value is -0.100. The maximum atomic E-state index is 5.99. The molecule has 0 aliphatic heterocycles. The van der Waals surface area contributed by atoms with Crippen LogP contribution in [0.3, 0.4) is 0 Å². The van der Waals surface area contributed by atoms with E-state index < -0.39 is 0 Å². The Labute approximate surface area is 103 Å². The molecule has 78 valence electrons. The third-order valence-electron chi connectivity index (χ3n) is 2.01. The van der Waals surface area contributed by atoms with E-state index in [1.165, 1.54) is 0 Å².